The number of rotatable bonds is 4. The van der Waals surface area contributed by atoms with Gasteiger partial charge in [-0.25, -0.2) is 4.39 Å². The minimum Gasteiger partial charge on any atom is -0.370 e. The van der Waals surface area contributed by atoms with E-state index in [4.69, 9.17) is 0 Å². The lowest BCUT2D eigenvalue weighted by Gasteiger charge is -2.42. The normalized spacial score (nSPS) is 19.9. The number of hydrazine groups is 1. The average Bonchev–Trinajstić information content (AvgIpc) is 2.39. The number of pyridine rings is 1. The summed E-state index contributed by atoms with van der Waals surface area (Å²) in [6.45, 7) is 0.585. The van der Waals surface area contributed by atoms with Crippen LogP contribution in [0.3, 0.4) is 0 Å². The van der Waals surface area contributed by atoms with E-state index in [0.717, 1.165) is 24.4 Å². The van der Waals surface area contributed by atoms with Gasteiger partial charge in [0.2, 0.25) is 0 Å². The number of halogens is 1. The summed E-state index contributed by atoms with van der Waals surface area (Å²) in [4.78, 5) is 4.22. The standard InChI is InChI=1S/C14H17FN4O/c15-11-4-1-8-16-13(11)14(6-3-7-14)10-17-12-5-2-9-19(20)18-12/h1-2,4-5,8-9,17-18,20H,3,6-7,10H2. The molecule has 0 saturated heterocycles. The number of nitrogens with one attached hydrogen (secondary N) is 2. The molecule has 3 N–H and O–H groups in total. The lowest BCUT2D eigenvalue weighted by Crippen LogP contribution is -2.48. The number of hydrogen-bond acceptors (Lipinski definition) is 5. The Morgan fingerprint density at radius 3 is 3.00 bits per heavy atom. The van der Waals surface area contributed by atoms with Crippen molar-refractivity contribution >= 4 is 0 Å². The Labute approximate surface area is 116 Å². The molecule has 0 radical (unpaired) electrons. The van der Waals surface area contributed by atoms with Gasteiger partial charge in [0.15, 0.2) is 0 Å². The van der Waals surface area contributed by atoms with E-state index in [1.165, 1.54) is 12.3 Å². The second-order valence-electron chi connectivity index (χ2n) is 5.20. The fourth-order valence-electron chi connectivity index (χ4n) is 2.66. The van der Waals surface area contributed by atoms with Crippen molar-refractivity contribution in [1.82, 2.24) is 20.9 Å². The quantitative estimate of drug-likeness (QED) is 0.783. The molecule has 1 aliphatic carbocycles. The molecule has 1 aromatic rings. The highest BCUT2D eigenvalue weighted by atomic mass is 19.1. The molecule has 6 heteroatoms. The Kier molecular flexibility index (Phi) is 3.31. The summed E-state index contributed by atoms with van der Waals surface area (Å²) in [7, 11) is 0. The van der Waals surface area contributed by atoms with Gasteiger partial charge in [-0.05, 0) is 37.1 Å². The summed E-state index contributed by atoms with van der Waals surface area (Å²) in [5.41, 5.74) is 3.02. The predicted molar refractivity (Wildman–Crippen MR) is 71.7 cm³/mol. The van der Waals surface area contributed by atoms with Crippen LogP contribution in [-0.4, -0.2) is 21.9 Å². The fraction of sp³-hybridized carbons (Fsp3) is 0.357. The Morgan fingerprint density at radius 2 is 2.35 bits per heavy atom. The van der Waals surface area contributed by atoms with Gasteiger partial charge in [0.1, 0.15) is 11.6 Å². The van der Waals surface area contributed by atoms with Crippen molar-refractivity contribution in [1.29, 1.82) is 0 Å². The molecule has 1 saturated carbocycles. The van der Waals surface area contributed by atoms with Crippen LogP contribution >= 0.6 is 0 Å². The topological polar surface area (TPSA) is 60.4 Å². The Balaban J connectivity index is 1.73. The van der Waals surface area contributed by atoms with E-state index in [1.54, 1.807) is 18.3 Å². The zero-order valence-electron chi connectivity index (χ0n) is 11.0. The third-order valence-corrected chi connectivity index (χ3v) is 3.91. The zero-order chi connectivity index (χ0) is 14.0. The van der Waals surface area contributed by atoms with Crippen LogP contribution in [0.1, 0.15) is 25.0 Å². The average molecular weight is 276 g/mol. The molecule has 0 spiro atoms. The first kappa shape index (κ1) is 12.9. The number of nitrogens with zero attached hydrogens (tertiary/aromatic N) is 2. The predicted octanol–water partition coefficient (Wildman–Crippen LogP) is 1.80. The highest BCUT2D eigenvalue weighted by Crippen LogP contribution is 2.43. The van der Waals surface area contributed by atoms with Gasteiger partial charge in [0, 0.05) is 18.2 Å². The summed E-state index contributed by atoms with van der Waals surface area (Å²) >= 11 is 0. The number of allylic oxidation sites excluding steroid dienone is 2. The molecule has 0 amide bonds. The first-order valence-electron chi connectivity index (χ1n) is 6.68. The van der Waals surface area contributed by atoms with Crippen LogP contribution in [0, 0.1) is 5.82 Å². The van der Waals surface area contributed by atoms with Crippen LogP contribution in [0.5, 0.6) is 0 Å². The third-order valence-electron chi connectivity index (χ3n) is 3.91. The Hall–Kier alpha value is -2.08. The van der Waals surface area contributed by atoms with Crippen molar-refractivity contribution in [2.75, 3.05) is 6.54 Å². The van der Waals surface area contributed by atoms with Crippen molar-refractivity contribution in [2.45, 2.75) is 24.7 Å². The van der Waals surface area contributed by atoms with E-state index in [0.29, 0.717) is 18.1 Å². The third kappa shape index (κ3) is 2.34. The van der Waals surface area contributed by atoms with Gasteiger partial charge < -0.3 is 5.32 Å². The molecule has 2 heterocycles. The monoisotopic (exact) mass is 276 g/mol. The highest BCUT2D eigenvalue weighted by Gasteiger charge is 2.41. The molecule has 106 valence electrons. The van der Waals surface area contributed by atoms with Crippen molar-refractivity contribution in [2.24, 2.45) is 0 Å². The van der Waals surface area contributed by atoms with E-state index < -0.39 is 0 Å². The minimum absolute atomic E-state index is 0.247. The van der Waals surface area contributed by atoms with Crippen molar-refractivity contribution in [3.05, 3.63) is 54.0 Å². The first-order chi connectivity index (χ1) is 9.70. The lowest BCUT2D eigenvalue weighted by molar-refractivity contribution is -0.0820. The highest BCUT2D eigenvalue weighted by molar-refractivity contribution is 5.24. The maximum Gasteiger partial charge on any atom is 0.145 e. The van der Waals surface area contributed by atoms with Gasteiger partial charge in [-0.2, -0.15) is 5.17 Å². The van der Waals surface area contributed by atoms with Crippen molar-refractivity contribution in [3.63, 3.8) is 0 Å². The van der Waals surface area contributed by atoms with E-state index in [2.05, 4.69) is 15.7 Å². The second-order valence-corrected chi connectivity index (χ2v) is 5.20. The first-order valence-corrected chi connectivity index (χ1v) is 6.68. The zero-order valence-corrected chi connectivity index (χ0v) is 11.0. The van der Waals surface area contributed by atoms with Gasteiger partial charge >= 0.3 is 0 Å². The molecule has 1 aliphatic heterocycles. The molecule has 0 unspecified atom stereocenters. The van der Waals surface area contributed by atoms with Gasteiger partial charge in [0.05, 0.1) is 11.9 Å². The van der Waals surface area contributed by atoms with Crippen LogP contribution < -0.4 is 10.7 Å². The second kappa shape index (κ2) is 5.13. The fourth-order valence-corrected chi connectivity index (χ4v) is 2.66. The summed E-state index contributed by atoms with van der Waals surface area (Å²) in [6, 6.07) is 3.07. The molecule has 0 bridgehead atoms. The van der Waals surface area contributed by atoms with Gasteiger partial charge in [0.25, 0.3) is 0 Å². The van der Waals surface area contributed by atoms with Crippen LogP contribution in [-0.2, 0) is 5.41 Å². The van der Waals surface area contributed by atoms with Crippen molar-refractivity contribution in [3.8, 4) is 0 Å². The molecule has 3 rings (SSSR count). The molecular formula is C14H17FN4O. The summed E-state index contributed by atoms with van der Waals surface area (Å²) < 4.78 is 14.0. The molecule has 20 heavy (non-hydrogen) atoms. The maximum atomic E-state index is 14.0. The minimum atomic E-state index is -0.255. The van der Waals surface area contributed by atoms with E-state index in [9.17, 15) is 9.60 Å². The van der Waals surface area contributed by atoms with Crippen LogP contribution in [0.25, 0.3) is 0 Å². The number of aromatic nitrogens is 1. The van der Waals surface area contributed by atoms with Gasteiger partial charge in [-0.15, -0.1) is 0 Å². The lowest BCUT2D eigenvalue weighted by atomic mass is 9.66. The molecule has 0 atom stereocenters. The number of hydroxylamine groups is 1. The molecule has 1 fully saturated rings. The smallest absolute Gasteiger partial charge is 0.145 e. The molecule has 0 aromatic carbocycles. The van der Waals surface area contributed by atoms with Gasteiger partial charge in [-0.3, -0.25) is 15.6 Å². The maximum absolute atomic E-state index is 14.0. The summed E-state index contributed by atoms with van der Waals surface area (Å²) in [6.07, 6.45) is 9.56. The number of hydrogen-bond donors (Lipinski definition) is 3. The van der Waals surface area contributed by atoms with Crippen LogP contribution in [0.15, 0.2) is 42.5 Å². The molecule has 5 nitrogen and oxygen atoms in total. The van der Waals surface area contributed by atoms with Crippen molar-refractivity contribution < 1.29 is 9.60 Å². The molecule has 1 aromatic heterocycles. The molecular weight excluding hydrogens is 259 g/mol. The Bertz CT molecular complexity index is 554. The van der Waals surface area contributed by atoms with E-state index >= 15 is 0 Å². The molecule has 2 aliphatic rings. The van der Waals surface area contributed by atoms with Crippen LogP contribution in [0.4, 0.5) is 4.39 Å². The van der Waals surface area contributed by atoms with E-state index in [1.807, 2.05) is 6.08 Å². The largest absolute Gasteiger partial charge is 0.370 e. The Morgan fingerprint density at radius 1 is 1.50 bits per heavy atom. The van der Waals surface area contributed by atoms with Crippen LogP contribution in [0.2, 0.25) is 0 Å². The summed E-state index contributed by atoms with van der Waals surface area (Å²) in [5, 5.41) is 13.4. The van der Waals surface area contributed by atoms with Gasteiger partial charge in [-0.1, -0.05) is 6.42 Å². The summed E-state index contributed by atoms with van der Waals surface area (Å²) in [5.74, 6) is 0.431. The van der Waals surface area contributed by atoms with E-state index in [-0.39, 0.29) is 11.2 Å². The SMILES string of the molecule is ON1C=CC=C(NCC2(c3ncccc3F)CCC2)N1.